The molecular weight excluding hydrogens is 248 g/mol. The van der Waals surface area contributed by atoms with Gasteiger partial charge in [-0.2, -0.15) is 0 Å². The van der Waals surface area contributed by atoms with E-state index >= 15 is 0 Å². The zero-order chi connectivity index (χ0) is 13.4. The fourth-order valence-electron chi connectivity index (χ4n) is 2.26. The third kappa shape index (κ3) is 1.87. The molecule has 0 radical (unpaired) electrons. The number of aromatic nitrogens is 4. The van der Waals surface area contributed by atoms with Gasteiger partial charge in [0.25, 0.3) is 0 Å². The van der Waals surface area contributed by atoms with Gasteiger partial charge >= 0.3 is 0 Å². The summed E-state index contributed by atoms with van der Waals surface area (Å²) in [5, 5.41) is 0. The molecule has 0 unspecified atom stereocenters. The first kappa shape index (κ1) is 11.0. The maximum absolute atomic E-state index is 4.50. The van der Waals surface area contributed by atoms with Crippen molar-refractivity contribution in [1.82, 2.24) is 19.9 Å². The summed E-state index contributed by atoms with van der Waals surface area (Å²) in [7, 11) is 0. The SMILES string of the molecule is C(=Cc1nc2ccccc2[nH]1)c1nc2ccccc2[nH]1. The molecule has 96 valence electrons. The number of nitrogens with zero attached hydrogens (tertiary/aromatic N) is 2. The monoisotopic (exact) mass is 260 g/mol. The van der Waals surface area contributed by atoms with Crippen molar-refractivity contribution in [2.75, 3.05) is 0 Å². The van der Waals surface area contributed by atoms with Gasteiger partial charge in [0.1, 0.15) is 11.6 Å². The fraction of sp³-hybridized carbons (Fsp3) is 0. The van der Waals surface area contributed by atoms with E-state index in [1.165, 1.54) is 0 Å². The van der Waals surface area contributed by atoms with Crippen LogP contribution in [0, 0.1) is 0 Å². The molecule has 2 N–H and O–H groups in total. The number of fused-ring (bicyclic) bond motifs is 2. The second-order valence-corrected chi connectivity index (χ2v) is 4.61. The van der Waals surface area contributed by atoms with Gasteiger partial charge in [-0.15, -0.1) is 0 Å². The maximum atomic E-state index is 4.50. The number of aromatic amines is 2. The molecule has 2 aromatic carbocycles. The van der Waals surface area contributed by atoms with Crippen LogP contribution in [0.1, 0.15) is 11.6 Å². The zero-order valence-electron chi connectivity index (χ0n) is 10.7. The van der Waals surface area contributed by atoms with Gasteiger partial charge in [0.15, 0.2) is 0 Å². The Balaban J connectivity index is 1.70. The zero-order valence-corrected chi connectivity index (χ0v) is 10.7. The number of imidazole rings is 2. The van der Waals surface area contributed by atoms with E-state index in [4.69, 9.17) is 0 Å². The van der Waals surface area contributed by atoms with E-state index in [-0.39, 0.29) is 0 Å². The van der Waals surface area contributed by atoms with Crippen molar-refractivity contribution in [3.8, 4) is 0 Å². The molecule has 0 bridgehead atoms. The van der Waals surface area contributed by atoms with E-state index in [1.807, 2.05) is 60.7 Å². The molecule has 4 heteroatoms. The molecule has 4 rings (SSSR count). The summed E-state index contributed by atoms with van der Waals surface area (Å²) in [5.41, 5.74) is 4.02. The molecule has 4 aromatic rings. The quantitative estimate of drug-likeness (QED) is 0.578. The normalized spacial score (nSPS) is 11.8. The lowest BCUT2D eigenvalue weighted by Gasteiger charge is -1.84. The molecule has 0 spiro atoms. The first-order valence-corrected chi connectivity index (χ1v) is 6.46. The first-order chi connectivity index (χ1) is 9.88. The standard InChI is InChI=1S/C16H12N4/c1-2-6-12-11(5-1)17-15(18-12)9-10-16-19-13-7-3-4-8-14(13)20-16/h1-10H,(H,17,18)(H,19,20). The van der Waals surface area contributed by atoms with Crippen molar-refractivity contribution in [2.45, 2.75) is 0 Å². The summed E-state index contributed by atoms with van der Waals surface area (Å²) in [4.78, 5) is 15.5. The molecule has 0 aliphatic heterocycles. The highest BCUT2D eigenvalue weighted by Crippen LogP contribution is 2.14. The van der Waals surface area contributed by atoms with E-state index in [0.717, 1.165) is 33.7 Å². The number of para-hydroxylation sites is 4. The fourth-order valence-corrected chi connectivity index (χ4v) is 2.26. The largest absolute Gasteiger partial charge is 0.338 e. The van der Waals surface area contributed by atoms with Crippen LogP contribution in [0.15, 0.2) is 48.5 Å². The van der Waals surface area contributed by atoms with Crippen molar-refractivity contribution < 1.29 is 0 Å². The number of hydrogen-bond donors (Lipinski definition) is 2. The van der Waals surface area contributed by atoms with Gasteiger partial charge in [0.2, 0.25) is 0 Å². The van der Waals surface area contributed by atoms with E-state index < -0.39 is 0 Å². The molecule has 0 atom stereocenters. The Morgan fingerprint density at radius 2 is 1.10 bits per heavy atom. The van der Waals surface area contributed by atoms with Crippen LogP contribution < -0.4 is 0 Å². The smallest absolute Gasteiger partial charge is 0.131 e. The minimum atomic E-state index is 0.826. The van der Waals surface area contributed by atoms with Gasteiger partial charge in [-0.1, -0.05) is 24.3 Å². The Morgan fingerprint density at radius 1 is 0.650 bits per heavy atom. The van der Waals surface area contributed by atoms with Crippen molar-refractivity contribution >= 4 is 34.2 Å². The highest BCUT2D eigenvalue weighted by Gasteiger charge is 2.00. The van der Waals surface area contributed by atoms with Gasteiger partial charge in [0, 0.05) is 0 Å². The van der Waals surface area contributed by atoms with Crippen molar-refractivity contribution in [3.63, 3.8) is 0 Å². The topological polar surface area (TPSA) is 57.4 Å². The highest BCUT2D eigenvalue weighted by atomic mass is 14.9. The van der Waals surface area contributed by atoms with Gasteiger partial charge in [0.05, 0.1) is 22.1 Å². The van der Waals surface area contributed by atoms with Gasteiger partial charge < -0.3 is 9.97 Å². The number of H-pyrrole nitrogens is 2. The molecular formula is C16H12N4. The van der Waals surface area contributed by atoms with Gasteiger partial charge in [-0.3, -0.25) is 0 Å². The van der Waals surface area contributed by atoms with Crippen LogP contribution in [0.2, 0.25) is 0 Å². The summed E-state index contributed by atoms with van der Waals surface area (Å²) in [6.45, 7) is 0. The highest BCUT2D eigenvalue weighted by molar-refractivity contribution is 5.80. The molecule has 0 saturated carbocycles. The van der Waals surface area contributed by atoms with E-state index in [9.17, 15) is 0 Å². The average molecular weight is 260 g/mol. The van der Waals surface area contributed by atoms with Crippen LogP contribution in [0.25, 0.3) is 34.2 Å². The first-order valence-electron chi connectivity index (χ1n) is 6.46. The van der Waals surface area contributed by atoms with Crippen LogP contribution in [-0.2, 0) is 0 Å². The Labute approximate surface area is 115 Å². The lowest BCUT2D eigenvalue weighted by atomic mass is 10.3. The molecule has 0 saturated heterocycles. The summed E-state index contributed by atoms with van der Waals surface area (Å²) >= 11 is 0. The Hall–Kier alpha value is -2.88. The number of rotatable bonds is 2. The van der Waals surface area contributed by atoms with E-state index in [1.54, 1.807) is 0 Å². The van der Waals surface area contributed by atoms with Crippen molar-refractivity contribution in [3.05, 3.63) is 60.2 Å². The maximum Gasteiger partial charge on any atom is 0.131 e. The van der Waals surface area contributed by atoms with Crippen LogP contribution in [0.4, 0.5) is 0 Å². The summed E-state index contributed by atoms with van der Waals surface area (Å²) < 4.78 is 0. The third-order valence-electron chi connectivity index (χ3n) is 3.21. The third-order valence-corrected chi connectivity index (χ3v) is 3.21. The molecule has 4 nitrogen and oxygen atoms in total. The minimum Gasteiger partial charge on any atom is -0.338 e. The van der Waals surface area contributed by atoms with Crippen LogP contribution in [-0.4, -0.2) is 19.9 Å². The molecule has 0 aliphatic carbocycles. The molecule has 2 heterocycles. The van der Waals surface area contributed by atoms with Gasteiger partial charge in [-0.05, 0) is 36.4 Å². The second kappa shape index (κ2) is 4.35. The molecule has 0 fully saturated rings. The van der Waals surface area contributed by atoms with Crippen LogP contribution >= 0.6 is 0 Å². The number of benzene rings is 2. The molecule has 0 amide bonds. The van der Waals surface area contributed by atoms with Crippen molar-refractivity contribution in [1.29, 1.82) is 0 Å². The molecule has 20 heavy (non-hydrogen) atoms. The van der Waals surface area contributed by atoms with Crippen LogP contribution in [0.5, 0.6) is 0 Å². The predicted molar refractivity (Wildman–Crippen MR) is 81.1 cm³/mol. The molecule has 2 aromatic heterocycles. The lowest BCUT2D eigenvalue weighted by molar-refractivity contribution is 1.27. The Morgan fingerprint density at radius 3 is 1.55 bits per heavy atom. The summed E-state index contributed by atoms with van der Waals surface area (Å²) in [5.74, 6) is 1.65. The average Bonchev–Trinajstić information content (AvgIpc) is 3.07. The number of nitrogens with one attached hydrogen (secondary N) is 2. The predicted octanol–water partition coefficient (Wildman–Crippen LogP) is 3.61. The number of hydrogen-bond acceptors (Lipinski definition) is 2. The summed E-state index contributed by atoms with van der Waals surface area (Å²) in [6, 6.07) is 16.0. The Bertz CT molecular complexity index is 772. The minimum absolute atomic E-state index is 0.826. The van der Waals surface area contributed by atoms with E-state index in [0.29, 0.717) is 0 Å². The summed E-state index contributed by atoms with van der Waals surface area (Å²) in [6.07, 6.45) is 3.86. The Kier molecular flexibility index (Phi) is 2.39. The lowest BCUT2D eigenvalue weighted by Crippen LogP contribution is -1.76. The molecule has 0 aliphatic rings. The van der Waals surface area contributed by atoms with Gasteiger partial charge in [-0.25, -0.2) is 9.97 Å². The van der Waals surface area contributed by atoms with Crippen molar-refractivity contribution in [2.24, 2.45) is 0 Å². The second-order valence-electron chi connectivity index (χ2n) is 4.61. The van der Waals surface area contributed by atoms with E-state index in [2.05, 4.69) is 19.9 Å². The van der Waals surface area contributed by atoms with Crippen LogP contribution in [0.3, 0.4) is 0 Å².